The Morgan fingerprint density at radius 2 is 1.59 bits per heavy atom. The summed E-state index contributed by atoms with van der Waals surface area (Å²) in [5.74, 6) is 0.586. The number of aliphatic hydroxyl groups excluding tert-OH is 3. The number of hydrogen-bond donors (Lipinski definition) is 6. The third kappa shape index (κ3) is 6.98. The van der Waals surface area contributed by atoms with Crippen LogP contribution < -0.4 is 10.3 Å². The maximum atomic E-state index is 8.79. The van der Waals surface area contributed by atoms with Gasteiger partial charge in [0.25, 0.3) is 0 Å². The summed E-state index contributed by atoms with van der Waals surface area (Å²) in [6, 6.07) is 5.66. The van der Waals surface area contributed by atoms with Crippen molar-refractivity contribution in [3.05, 3.63) is 29.3 Å². The molecule has 0 saturated carbocycles. The Labute approximate surface area is 132 Å². The van der Waals surface area contributed by atoms with E-state index in [1.54, 1.807) is 6.07 Å². The number of aryl methyl sites for hydroxylation is 1. The summed E-state index contributed by atoms with van der Waals surface area (Å²) in [4.78, 5) is 17.6. The van der Waals surface area contributed by atoms with Crippen molar-refractivity contribution in [3.8, 4) is 5.75 Å². The lowest BCUT2D eigenvalue weighted by molar-refractivity contribution is 0.0697. The van der Waals surface area contributed by atoms with Gasteiger partial charge in [-0.25, -0.2) is 0 Å². The van der Waals surface area contributed by atoms with Crippen LogP contribution in [0.5, 0.6) is 5.75 Å². The summed E-state index contributed by atoms with van der Waals surface area (Å²) in [5, 5.41) is 25.0. The Bertz CT molecular complexity index is 418. The van der Waals surface area contributed by atoms with E-state index in [1.807, 2.05) is 19.1 Å². The maximum absolute atomic E-state index is 8.79. The summed E-state index contributed by atoms with van der Waals surface area (Å²) in [5.41, 5.74) is 6.19. The summed E-state index contributed by atoms with van der Waals surface area (Å²) in [6.07, 6.45) is 1.76. The first kappa shape index (κ1) is 21.2. The molecule has 0 fully saturated rings. The second-order valence-corrected chi connectivity index (χ2v) is 5.47. The molecular weight excluding hydrogens is 309 g/mol. The fraction of sp³-hybridized carbons (Fsp3) is 0.571. The highest BCUT2D eigenvalue weighted by atomic mass is 31.2. The first-order valence-electron chi connectivity index (χ1n) is 6.95. The van der Waals surface area contributed by atoms with Crippen molar-refractivity contribution in [1.29, 1.82) is 0 Å². The third-order valence-electron chi connectivity index (χ3n) is 3.09. The van der Waals surface area contributed by atoms with Crippen molar-refractivity contribution < 1.29 is 29.6 Å². The van der Waals surface area contributed by atoms with E-state index in [0.717, 1.165) is 18.4 Å². The van der Waals surface area contributed by atoms with Gasteiger partial charge in [-0.2, -0.15) is 0 Å². The van der Waals surface area contributed by atoms with Gasteiger partial charge in [-0.1, -0.05) is 26.0 Å². The Kier molecular flexibility index (Phi) is 10.5. The van der Waals surface area contributed by atoms with Crippen molar-refractivity contribution >= 4 is 8.60 Å². The lowest BCUT2D eigenvalue weighted by atomic mass is 10.0. The molecule has 1 aromatic rings. The highest BCUT2D eigenvalue weighted by Crippen LogP contribution is 2.33. The van der Waals surface area contributed by atoms with Crippen molar-refractivity contribution in [2.75, 3.05) is 19.8 Å². The van der Waals surface area contributed by atoms with E-state index in [2.05, 4.69) is 6.92 Å². The first-order chi connectivity index (χ1) is 10.4. The predicted octanol–water partition coefficient (Wildman–Crippen LogP) is 0.0625. The maximum Gasteiger partial charge on any atom is 0.391 e. The molecule has 0 heterocycles. The molecule has 0 aliphatic rings. The predicted molar refractivity (Wildman–Crippen MR) is 85.4 cm³/mol. The second-order valence-electron chi connectivity index (χ2n) is 4.78. The van der Waals surface area contributed by atoms with Crippen LogP contribution >= 0.6 is 8.60 Å². The molecule has 128 valence electrons. The largest absolute Gasteiger partial charge is 0.427 e. The smallest absolute Gasteiger partial charge is 0.391 e. The molecule has 0 aliphatic carbocycles. The zero-order valence-electron chi connectivity index (χ0n) is 12.9. The van der Waals surface area contributed by atoms with Gasteiger partial charge in [-0.3, -0.25) is 0 Å². The zero-order valence-corrected chi connectivity index (χ0v) is 13.8. The van der Waals surface area contributed by atoms with Gasteiger partial charge in [0.2, 0.25) is 0 Å². The number of rotatable bonds is 7. The molecule has 0 amide bonds. The Morgan fingerprint density at radius 1 is 1.05 bits per heavy atom. The van der Waals surface area contributed by atoms with E-state index in [1.165, 1.54) is 5.56 Å². The highest BCUT2D eigenvalue weighted by molar-refractivity contribution is 7.39. The molecule has 1 aromatic carbocycles. The molecular formula is C14H26NO6P. The van der Waals surface area contributed by atoms with E-state index in [4.69, 9.17) is 35.4 Å². The lowest BCUT2D eigenvalue weighted by Gasteiger charge is -2.20. The standard InChI is InChI=1S/C10H15O3P.C4H11NO3/c1-3-8-6-5-7-10(9(8)4-2)13-14(11)12;5-4(1-6,2-7)3-8/h5-7,11-12H,3-4H2,1-2H3;6-8H,1-3,5H2. The monoisotopic (exact) mass is 335 g/mol. The average Bonchev–Trinajstić information content (AvgIpc) is 2.53. The van der Waals surface area contributed by atoms with Gasteiger partial charge in [0.15, 0.2) is 0 Å². The average molecular weight is 335 g/mol. The fourth-order valence-corrected chi connectivity index (χ4v) is 2.01. The van der Waals surface area contributed by atoms with Gasteiger partial charge in [0.05, 0.1) is 25.4 Å². The van der Waals surface area contributed by atoms with Crippen LogP contribution in [0.1, 0.15) is 25.0 Å². The Balaban J connectivity index is 0.000000472. The molecule has 0 spiro atoms. The molecule has 0 atom stereocenters. The van der Waals surface area contributed by atoms with Crippen LogP contribution in [0.3, 0.4) is 0 Å². The van der Waals surface area contributed by atoms with Crippen LogP contribution in [0.25, 0.3) is 0 Å². The number of nitrogens with two attached hydrogens (primary N) is 1. The minimum absolute atomic E-state index is 0.403. The zero-order chi connectivity index (χ0) is 17.2. The third-order valence-corrected chi connectivity index (χ3v) is 3.45. The van der Waals surface area contributed by atoms with Gasteiger partial charge in [-0.05, 0) is 30.0 Å². The van der Waals surface area contributed by atoms with Crippen LogP contribution in [0.4, 0.5) is 0 Å². The quantitative estimate of drug-likeness (QED) is 0.388. The molecule has 0 aliphatic heterocycles. The first-order valence-corrected chi connectivity index (χ1v) is 8.12. The van der Waals surface area contributed by atoms with E-state index in [-0.39, 0.29) is 0 Å². The molecule has 0 bridgehead atoms. The molecule has 0 aromatic heterocycles. The van der Waals surface area contributed by atoms with Gasteiger partial charge in [0.1, 0.15) is 5.75 Å². The number of aliphatic hydroxyl groups is 3. The van der Waals surface area contributed by atoms with Crippen LogP contribution in [0, 0.1) is 0 Å². The molecule has 0 radical (unpaired) electrons. The van der Waals surface area contributed by atoms with Crippen molar-refractivity contribution in [2.45, 2.75) is 32.2 Å². The highest BCUT2D eigenvalue weighted by Gasteiger charge is 2.20. The molecule has 0 unspecified atom stereocenters. The molecule has 1 rings (SSSR count). The van der Waals surface area contributed by atoms with E-state index >= 15 is 0 Å². The summed E-state index contributed by atoms with van der Waals surface area (Å²) < 4.78 is 4.95. The summed E-state index contributed by atoms with van der Waals surface area (Å²) in [6.45, 7) is 2.89. The molecule has 22 heavy (non-hydrogen) atoms. The van der Waals surface area contributed by atoms with E-state index < -0.39 is 34.0 Å². The second kappa shape index (κ2) is 10.9. The molecule has 7 nitrogen and oxygen atoms in total. The Morgan fingerprint density at radius 3 is 1.91 bits per heavy atom. The van der Waals surface area contributed by atoms with Crippen LogP contribution in [0.2, 0.25) is 0 Å². The fourth-order valence-electron chi connectivity index (χ4n) is 1.67. The lowest BCUT2D eigenvalue weighted by Crippen LogP contribution is -2.50. The van der Waals surface area contributed by atoms with E-state index in [0.29, 0.717) is 5.75 Å². The van der Waals surface area contributed by atoms with Crippen LogP contribution in [-0.4, -0.2) is 50.5 Å². The van der Waals surface area contributed by atoms with Crippen LogP contribution in [-0.2, 0) is 12.8 Å². The number of benzene rings is 1. The molecule has 0 saturated heterocycles. The van der Waals surface area contributed by atoms with Gasteiger partial charge in [-0.15, -0.1) is 0 Å². The van der Waals surface area contributed by atoms with Crippen molar-refractivity contribution in [2.24, 2.45) is 5.73 Å². The van der Waals surface area contributed by atoms with Crippen LogP contribution in [0.15, 0.2) is 18.2 Å². The van der Waals surface area contributed by atoms with Crippen molar-refractivity contribution in [3.63, 3.8) is 0 Å². The van der Waals surface area contributed by atoms with Gasteiger partial charge in [0, 0.05) is 0 Å². The van der Waals surface area contributed by atoms with E-state index in [9.17, 15) is 0 Å². The van der Waals surface area contributed by atoms with Gasteiger partial charge < -0.3 is 35.4 Å². The summed E-state index contributed by atoms with van der Waals surface area (Å²) >= 11 is 0. The number of hydrogen-bond acceptors (Lipinski definition) is 7. The van der Waals surface area contributed by atoms with Crippen molar-refractivity contribution in [1.82, 2.24) is 0 Å². The van der Waals surface area contributed by atoms with Gasteiger partial charge >= 0.3 is 8.60 Å². The Hall–Kier alpha value is -0.790. The SMILES string of the molecule is CCc1cccc(OP(O)O)c1CC.NC(CO)(CO)CO. The topological polar surface area (TPSA) is 136 Å². The minimum atomic E-state index is -2.32. The normalized spacial score (nSPS) is 11.1. The molecule has 8 heteroatoms. The summed E-state index contributed by atoms with van der Waals surface area (Å²) in [7, 11) is -2.32. The minimum Gasteiger partial charge on any atom is -0.427 e. The molecule has 7 N–H and O–H groups in total.